The number of nitrogens with zero attached hydrogens (tertiary/aromatic N) is 5. The fraction of sp³-hybridized carbons (Fsp3) is 0.458. The van der Waals surface area contributed by atoms with Crippen LogP contribution < -0.4 is 0 Å². The predicted molar refractivity (Wildman–Crippen MR) is 120 cm³/mol. The van der Waals surface area contributed by atoms with E-state index >= 15 is 0 Å². The van der Waals surface area contributed by atoms with Crippen molar-refractivity contribution in [2.75, 3.05) is 6.61 Å². The number of carbonyl (C=O) groups is 1. The summed E-state index contributed by atoms with van der Waals surface area (Å²) >= 11 is 0. The van der Waals surface area contributed by atoms with E-state index < -0.39 is 42.4 Å². The molecular weight excluding hydrogens is 517 g/mol. The molecule has 0 radical (unpaired) electrons. The predicted octanol–water partition coefficient (Wildman–Crippen LogP) is 4.54. The van der Waals surface area contributed by atoms with E-state index in [9.17, 15) is 26.7 Å². The number of hydrogen-bond donors (Lipinski definition) is 0. The molecule has 4 heterocycles. The Morgan fingerprint density at radius 2 is 1.89 bits per heavy atom. The van der Waals surface area contributed by atoms with Crippen LogP contribution >= 0.6 is 0 Å². The van der Waals surface area contributed by atoms with Crippen LogP contribution in [-0.2, 0) is 32.5 Å². The minimum Gasteiger partial charge on any atom is -0.457 e. The summed E-state index contributed by atoms with van der Waals surface area (Å²) in [5, 5.41) is 4.07. The first-order valence-corrected chi connectivity index (χ1v) is 11.7. The van der Waals surface area contributed by atoms with Gasteiger partial charge in [-0.05, 0) is 32.3 Å². The van der Waals surface area contributed by atoms with Crippen LogP contribution in [0.3, 0.4) is 0 Å². The van der Waals surface area contributed by atoms with E-state index in [4.69, 9.17) is 14.2 Å². The van der Waals surface area contributed by atoms with Gasteiger partial charge in [-0.25, -0.2) is 19.3 Å². The SMILES string of the molecule is C[C@@H](OC(=O)Cc1c(-c2ncc(C(OC3CCCCO3)C(F)(F)F)cn2)cnn1C)c1cc(F)cnc1F. The molecule has 1 fully saturated rings. The van der Waals surface area contributed by atoms with Crippen molar-refractivity contribution in [2.24, 2.45) is 7.05 Å². The quantitative estimate of drug-likeness (QED) is 0.233. The highest BCUT2D eigenvalue weighted by atomic mass is 19.4. The zero-order valence-corrected chi connectivity index (χ0v) is 20.4. The van der Waals surface area contributed by atoms with Gasteiger partial charge in [0.1, 0.15) is 11.9 Å². The molecule has 3 aromatic rings. The molecule has 0 amide bonds. The van der Waals surface area contributed by atoms with Crippen LogP contribution in [0.25, 0.3) is 11.4 Å². The van der Waals surface area contributed by atoms with Crippen LogP contribution in [-0.4, -0.2) is 49.8 Å². The highest BCUT2D eigenvalue weighted by molar-refractivity contribution is 5.75. The maximum absolute atomic E-state index is 13.9. The summed E-state index contributed by atoms with van der Waals surface area (Å²) in [5.41, 5.74) is 0.0387. The second-order valence-electron chi connectivity index (χ2n) is 8.66. The molecule has 0 N–H and O–H groups in total. The van der Waals surface area contributed by atoms with Crippen molar-refractivity contribution < 1.29 is 41.0 Å². The highest BCUT2D eigenvalue weighted by Crippen LogP contribution is 2.38. The Bertz CT molecular complexity index is 1260. The zero-order chi connectivity index (χ0) is 27.4. The van der Waals surface area contributed by atoms with E-state index in [0.29, 0.717) is 31.3 Å². The van der Waals surface area contributed by atoms with Gasteiger partial charge in [0.05, 0.1) is 35.6 Å². The molecule has 0 aromatic carbocycles. The fourth-order valence-electron chi connectivity index (χ4n) is 3.95. The second kappa shape index (κ2) is 11.5. The molecule has 0 aliphatic carbocycles. The first kappa shape index (κ1) is 27.5. The summed E-state index contributed by atoms with van der Waals surface area (Å²) in [7, 11) is 1.54. The van der Waals surface area contributed by atoms with Crippen LogP contribution in [0.1, 0.15) is 55.2 Å². The summed E-state index contributed by atoms with van der Waals surface area (Å²) in [6, 6.07) is 0.878. The average Bonchev–Trinajstić information content (AvgIpc) is 3.23. The number of aromatic nitrogens is 5. The molecule has 1 saturated heterocycles. The number of carbonyl (C=O) groups excluding carboxylic acids is 1. The third-order valence-electron chi connectivity index (χ3n) is 5.89. The van der Waals surface area contributed by atoms with Crippen molar-refractivity contribution in [2.45, 2.75) is 57.3 Å². The number of esters is 1. The normalized spacial score (nSPS) is 17.7. The van der Waals surface area contributed by atoms with E-state index in [1.807, 2.05) is 0 Å². The van der Waals surface area contributed by atoms with Gasteiger partial charge in [-0.2, -0.15) is 22.7 Å². The monoisotopic (exact) mass is 541 g/mol. The molecule has 38 heavy (non-hydrogen) atoms. The molecule has 14 heteroatoms. The topological polar surface area (TPSA) is 101 Å². The standard InChI is InChI=1S/C24H24F5N5O4/c1-13(16-7-15(25)11-30-22(16)26)37-19(35)8-18-17(12-33-34(18)2)23-31-9-14(10-32-23)21(24(27,28)29)38-20-5-3-4-6-36-20/h7,9-13,20-21H,3-6,8H2,1-2H3/t13-,20?,21?/m1/s1. The second-order valence-corrected chi connectivity index (χ2v) is 8.66. The first-order valence-electron chi connectivity index (χ1n) is 11.7. The van der Waals surface area contributed by atoms with Gasteiger partial charge in [-0.1, -0.05) is 0 Å². The lowest BCUT2D eigenvalue weighted by atomic mass is 10.1. The van der Waals surface area contributed by atoms with Crippen molar-refractivity contribution >= 4 is 5.97 Å². The van der Waals surface area contributed by atoms with E-state index in [0.717, 1.165) is 24.9 Å². The molecular formula is C24H24F5N5O4. The Balaban J connectivity index is 1.49. The van der Waals surface area contributed by atoms with Gasteiger partial charge in [0, 0.05) is 31.6 Å². The van der Waals surface area contributed by atoms with Crippen molar-refractivity contribution in [3.05, 3.63) is 59.4 Å². The van der Waals surface area contributed by atoms with Crippen molar-refractivity contribution in [3.63, 3.8) is 0 Å². The third kappa shape index (κ3) is 6.48. The summed E-state index contributed by atoms with van der Waals surface area (Å²) in [6.07, 6.45) is -3.60. The number of aryl methyl sites for hydroxylation is 1. The van der Waals surface area contributed by atoms with Gasteiger partial charge in [0.25, 0.3) is 0 Å². The van der Waals surface area contributed by atoms with Gasteiger partial charge in [0.2, 0.25) is 5.95 Å². The minimum atomic E-state index is -4.72. The van der Waals surface area contributed by atoms with Crippen LogP contribution in [0.2, 0.25) is 0 Å². The van der Waals surface area contributed by atoms with Gasteiger partial charge < -0.3 is 14.2 Å². The lowest BCUT2D eigenvalue weighted by Crippen LogP contribution is -2.31. The van der Waals surface area contributed by atoms with Crippen LogP contribution in [0.5, 0.6) is 0 Å². The molecule has 0 bridgehead atoms. The molecule has 1 aliphatic rings. The minimum absolute atomic E-state index is 0.0212. The van der Waals surface area contributed by atoms with E-state index in [2.05, 4.69) is 20.1 Å². The smallest absolute Gasteiger partial charge is 0.419 e. The molecule has 0 saturated carbocycles. The van der Waals surface area contributed by atoms with E-state index in [1.165, 1.54) is 24.9 Å². The Morgan fingerprint density at radius 1 is 1.16 bits per heavy atom. The van der Waals surface area contributed by atoms with Crippen LogP contribution in [0.4, 0.5) is 22.0 Å². The zero-order valence-electron chi connectivity index (χ0n) is 20.4. The maximum Gasteiger partial charge on any atom is 0.419 e. The van der Waals surface area contributed by atoms with Gasteiger partial charge in [-0.15, -0.1) is 0 Å². The first-order chi connectivity index (χ1) is 18.0. The highest BCUT2D eigenvalue weighted by Gasteiger charge is 2.44. The van der Waals surface area contributed by atoms with Crippen LogP contribution in [0, 0.1) is 11.8 Å². The lowest BCUT2D eigenvalue weighted by Gasteiger charge is -2.28. The van der Waals surface area contributed by atoms with Gasteiger partial charge in [-0.3, -0.25) is 9.48 Å². The molecule has 3 atom stereocenters. The summed E-state index contributed by atoms with van der Waals surface area (Å²) in [6.45, 7) is 1.69. The van der Waals surface area contributed by atoms with Crippen molar-refractivity contribution in [3.8, 4) is 11.4 Å². The number of hydrogen-bond acceptors (Lipinski definition) is 8. The number of pyridine rings is 1. The molecule has 4 rings (SSSR count). The Labute approximate surface area is 214 Å². The van der Waals surface area contributed by atoms with Gasteiger partial charge in [0.15, 0.2) is 18.2 Å². The molecule has 3 aromatic heterocycles. The van der Waals surface area contributed by atoms with Crippen molar-refractivity contribution in [1.82, 2.24) is 24.7 Å². The Morgan fingerprint density at radius 3 is 2.55 bits per heavy atom. The van der Waals surface area contributed by atoms with Gasteiger partial charge >= 0.3 is 12.1 Å². The summed E-state index contributed by atoms with van der Waals surface area (Å²) in [4.78, 5) is 23.9. The molecule has 204 valence electrons. The number of halogens is 5. The maximum atomic E-state index is 13.9. The lowest BCUT2D eigenvalue weighted by molar-refractivity contribution is -0.282. The molecule has 9 nitrogen and oxygen atoms in total. The van der Waals surface area contributed by atoms with Crippen LogP contribution in [0.15, 0.2) is 30.9 Å². The molecule has 1 aliphatic heterocycles. The third-order valence-corrected chi connectivity index (χ3v) is 5.89. The summed E-state index contributed by atoms with van der Waals surface area (Å²) in [5.74, 6) is -2.53. The largest absolute Gasteiger partial charge is 0.457 e. The van der Waals surface area contributed by atoms with E-state index in [-0.39, 0.29) is 28.9 Å². The number of alkyl halides is 3. The van der Waals surface area contributed by atoms with E-state index in [1.54, 1.807) is 0 Å². The average molecular weight is 541 g/mol. The molecule has 2 unspecified atom stereocenters. The van der Waals surface area contributed by atoms with Crippen molar-refractivity contribution in [1.29, 1.82) is 0 Å². The number of ether oxygens (including phenoxy) is 3. The molecule has 0 spiro atoms. The summed E-state index contributed by atoms with van der Waals surface area (Å²) < 4.78 is 85.6. The Hall–Kier alpha value is -3.52. The fourth-order valence-corrected chi connectivity index (χ4v) is 3.95. The number of rotatable bonds is 8. The Kier molecular flexibility index (Phi) is 8.31.